The van der Waals surface area contributed by atoms with Crippen molar-refractivity contribution in [1.82, 2.24) is 9.88 Å². The third kappa shape index (κ3) is 4.28. The molecular formula is C16H22N2O3. The van der Waals surface area contributed by atoms with Gasteiger partial charge in [0, 0.05) is 25.4 Å². The Kier molecular flexibility index (Phi) is 4.60. The van der Waals surface area contributed by atoms with Gasteiger partial charge in [0.05, 0.1) is 6.04 Å². The number of pyridine rings is 1. The Balaban J connectivity index is 2.01. The lowest BCUT2D eigenvalue weighted by Gasteiger charge is -2.28. The van der Waals surface area contributed by atoms with E-state index in [-0.39, 0.29) is 11.8 Å². The van der Waals surface area contributed by atoms with E-state index >= 15 is 0 Å². The number of nitrogens with zero attached hydrogens (tertiary/aromatic N) is 2. The van der Waals surface area contributed by atoms with E-state index in [0.717, 1.165) is 12.0 Å². The van der Waals surface area contributed by atoms with Crippen molar-refractivity contribution >= 4 is 11.9 Å². The zero-order valence-electron chi connectivity index (χ0n) is 12.8. The molecule has 1 aromatic heterocycles. The van der Waals surface area contributed by atoms with Gasteiger partial charge in [-0.1, -0.05) is 0 Å². The van der Waals surface area contributed by atoms with Crippen LogP contribution in [0.4, 0.5) is 4.79 Å². The minimum absolute atomic E-state index is 0.0598. The molecule has 0 aromatic carbocycles. The third-order valence-electron chi connectivity index (χ3n) is 3.38. The minimum Gasteiger partial charge on any atom is -0.444 e. The minimum atomic E-state index is -0.543. The number of ether oxygens (including phenoxy) is 1. The fraction of sp³-hybridized carbons (Fsp3) is 0.562. The zero-order valence-corrected chi connectivity index (χ0v) is 12.8. The lowest BCUT2D eigenvalue weighted by Crippen LogP contribution is -2.43. The molecule has 0 bridgehead atoms. The molecule has 1 aliphatic rings. The summed E-state index contributed by atoms with van der Waals surface area (Å²) in [6.45, 7) is 6.07. The number of carbonyl (C=O) groups excluding carboxylic acids is 2. The van der Waals surface area contributed by atoms with Crippen molar-refractivity contribution in [2.24, 2.45) is 0 Å². The first-order valence-electron chi connectivity index (χ1n) is 7.28. The van der Waals surface area contributed by atoms with E-state index in [4.69, 9.17) is 4.74 Å². The Morgan fingerprint density at radius 3 is 2.62 bits per heavy atom. The number of hydrogen-bond acceptors (Lipinski definition) is 4. The van der Waals surface area contributed by atoms with E-state index in [1.165, 1.54) is 0 Å². The zero-order chi connectivity index (χ0) is 15.5. The van der Waals surface area contributed by atoms with Crippen molar-refractivity contribution in [3.05, 3.63) is 30.1 Å². The monoisotopic (exact) mass is 290 g/mol. The molecule has 1 atom stereocenters. The standard InChI is InChI=1S/C16H22N2O3/c1-16(2,3)21-15(20)18-10-4-5-13(18)14(19)11-12-6-8-17-9-7-12/h6-9,13H,4-5,10-11H2,1-3H3/t13-/m0/s1. The second-order valence-electron chi connectivity index (χ2n) is 6.33. The molecule has 1 saturated heterocycles. The largest absolute Gasteiger partial charge is 0.444 e. The molecule has 0 N–H and O–H groups in total. The number of amides is 1. The number of aromatic nitrogens is 1. The summed E-state index contributed by atoms with van der Waals surface area (Å²) >= 11 is 0. The number of carbonyl (C=O) groups is 2. The Bertz CT molecular complexity index is 508. The van der Waals surface area contributed by atoms with Crippen LogP contribution in [-0.2, 0) is 16.0 Å². The van der Waals surface area contributed by atoms with E-state index in [2.05, 4.69) is 4.98 Å². The lowest BCUT2D eigenvalue weighted by atomic mass is 10.0. The Hall–Kier alpha value is -1.91. The average Bonchev–Trinajstić information content (AvgIpc) is 2.87. The summed E-state index contributed by atoms with van der Waals surface area (Å²) in [6, 6.07) is 3.28. The van der Waals surface area contributed by atoms with Crippen molar-refractivity contribution in [2.45, 2.75) is 51.7 Å². The first-order chi connectivity index (χ1) is 9.87. The van der Waals surface area contributed by atoms with Gasteiger partial charge < -0.3 is 4.74 Å². The summed E-state index contributed by atoms with van der Waals surface area (Å²) in [5.74, 6) is 0.0598. The molecule has 0 radical (unpaired) electrons. The summed E-state index contributed by atoms with van der Waals surface area (Å²) < 4.78 is 5.38. The maximum absolute atomic E-state index is 12.4. The van der Waals surface area contributed by atoms with Gasteiger partial charge in [-0.15, -0.1) is 0 Å². The SMILES string of the molecule is CC(C)(C)OC(=O)N1CCC[C@H]1C(=O)Cc1ccncc1. The first kappa shape index (κ1) is 15.5. The van der Waals surface area contributed by atoms with Crippen LogP contribution in [0.2, 0.25) is 0 Å². The molecule has 0 aliphatic carbocycles. The van der Waals surface area contributed by atoms with Crippen LogP contribution in [0.5, 0.6) is 0 Å². The molecule has 21 heavy (non-hydrogen) atoms. The molecule has 0 unspecified atom stereocenters. The van der Waals surface area contributed by atoms with Crippen molar-refractivity contribution in [3.63, 3.8) is 0 Å². The molecule has 1 aromatic rings. The van der Waals surface area contributed by atoms with Crippen LogP contribution in [0.15, 0.2) is 24.5 Å². The van der Waals surface area contributed by atoms with Crippen LogP contribution >= 0.6 is 0 Å². The molecule has 5 nitrogen and oxygen atoms in total. The predicted octanol–water partition coefficient (Wildman–Crippen LogP) is 2.59. The van der Waals surface area contributed by atoms with Crippen LogP contribution in [0, 0.1) is 0 Å². The van der Waals surface area contributed by atoms with Gasteiger partial charge in [0.1, 0.15) is 5.60 Å². The molecule has 2 heterocycles. The molecule has 2 rings (SSSR count). The Morgan fingerprint density at radius 1 is 1.33 bits per heavy atom. The predicted molar refractivity (Wildman–Crippen MR) is 78.9 cm³/mol. The van der Waals surface area contributed by atoms with Gasteiger partial charge in [-0.2, -0.15) is 0 Å². The maximum Gasteiger partial charge on any atom is 0.410 e. The van der Waals surface area contributed by atoms with Crippen molar-refractivity contribution in [2.75, 3.05) is 6.54 Å². The highest BCUT2D eigenvalue weighted by Crippen LogP contribution is 2.22. The summed E-state index contributed by atoms with van der Waals surface area (Å²) in [5.41, 5.74) is 0.379. The van der Waals surface area contributed by atoms with Gasteiger partial charge in [0.15, 0.2) is 5.78 Å². The molecule has 0 spiro atoms. The van der Waals surface area contributed by atoms with Crippen molar-refractivity contribution in [1.29, 1.82) is 0 Å². The molecular weight excluding hydrogens is 268 g/mol. The summed E-state index contributed by atoms with van der Waals surface area (Å²) in [4.78, 5) is 30.1. The van der Waals surface area contributed by atoms with Crippen LogP contribution in [0.3, 0.4) is 0 Å². The molecule has 5 heteroatoms. The van der Waals surface area contributed by atoms with Crippen molar-refractivity contribution in [3.8, 4) is 0 Å². The second kappa shape index (κ2) is 6.24. The molecule has 1 amide bonds. The topological polar surface area (TPSA) is 59.5 Å². The normalized spacial score (nSPS) is 18.6. The quantitative estimate of drug-likeness (QED) is 0.858. The Morgan fingerprint density at radius 2 is 2.00 bits per heavy atom. The van der Waals surface area contributed by atoms with Gasteiger partial charge in [0.2, 0.25) is 0 Å². The highest BCUT2D eigenvalue weighted by Gasteiger charge is 2.36. The van der Waals surface area contributed by atoms with E-state index in [1.807, 2.05) is 32.9 Å². The Labute approximate surface area is 125 Å². The third-order valence-corrected chi connectivity index (χ3v) is 3.38. The van der Waals surface area contributed by atoms with E-state index in [9.17, 15) is 9.59 Å². The van der Waals surface area contributed by atoms with Gasteiger partial charge in [-0.05, 0) is 51.3 Å². The van der Waals surface area contributed by atoms with Crippen LogP contribution in [0.1, 0.15) is 39.2 Å². The lowest BCUT2D eigenvalue weighted by molar-refractivity contribution is -0.122. The number of Topliss-reactive ketones (excluding diaryl/α,β-unsaturated/α-hetero) is 1. The van der Waals surface area contributed by atoms with Gasteiger partial charge in [0.25, 0.3) is 0 Å². The number of likely N-dealkylation sites (tertiary alicyclic amines) is 1. The fourth-order valence-electron chi connectivity index (χ4n) is 2.46. The summed E-state index contributed by atoms with van der Waals surface area (Å²) in [7, 11) is 0. The number of rotatable bonds is 3. The number of hydrogen-bond donors (Lipinski definition) is 0. The van der Waals surface area contributed by atoms with Crippen LogP contribution in [0.25, 0.3) is 0 Å². The first-order valence-corrected chi connectivity index (χ1v) is 7.28. The highest BCUT2D eigenvalue weighted by molar-refractivity contribution is 5.89. The van der Waals surface area contributed by atoms with Gasteiger partial charge in [-0.25, -0.2) is 4.79 Å². The molecule has 0 saturated carbocycles. The fourth-order valence-corrected chi connectivity index (χ4v) is 2.46. The number of ketones is 1. The molecule has 1 fully saturated rings. The van der Waals surface area contributed by atoms with Crippen molar-refractivity contribution < 1.29 is 14.3 Å². The van der Waals surface area contributed by atoms with E-state index in [0.29, 0.717) is 19.4 Å². The molecule has 1 aliphatic heterocycles. The smallest absolute Gasteiger partial charge is 0.410 e. The second-order valence-corrected chi connectivity index (χ2v) is 6.33. The highest BCUT2D eigenvalue weighted by atomic mass is 16.6. The summed E-state index contributed by atoms with van der Waals surface area (Å²) in [5, 5.41) is 0. The van der Waals surface area contributed by atoms with E-state index < -0.39 is 11.7 Å². The van der Waals surface area contributed by atoms with E-state index in [1.54, 1.807) is 17.3 Å². The average molecular weight is 290 g/mol. The van der Waals surface area contributed by atoms with Crippen LogP contribution < -0.4 is 0 Å². The van der Waals surface area contributed by atoms with Gasteiger partial charge >= 0.3 is 6.09 Å². The van der Waals surface area contributed by atoms with Gasteiger partial charge in [-0.3, -0.25) is 14.7 Å². The van der Waals surface area contributed by atoms with Crippen LogP contribution in [-0.4, -0.2) is 39.9 Å². The summed E-state index contributed by atoms with van der Waals surface area (Å²) in [6.07, 6.45) is 4.82. The maximum atomic E-state index is 12.4. The molecule has 114 valence electrons.